The number of rotatable bonds is 6. The fourth-order valence-electron chi connectivity index (χ4n) is 2.26. The largest absolute Gasteiger partial charge is 0.415 e. The summed E-state index contributed by atoms with van der Waals surface area (Å²) in [6.45, 7) is -0.144. The summed E-state index contributed by atoms with van der Waals surface area (Å²) in [5.41, 5.74) is 0.804. The number of benzene rings is 1. The van der Waals surface area contributed by atoms with Crippen LogP contribution >= 0.6 is 0 Å². The Morgan fingerprint density at radius 1 is 1.19 bits per heavy atom. The summed E-state index contributed by atoms with van der Waals surface area (Å²) in [7, 11) is -3.70. The van der Waals surface area contributed by atoms with Gasteiger partial charge in [0.2, 0.25) is 15.9 Å². The van der Waals surface area contributed by atoms with Crippen molar-refractivity contribution in [1.29, 1.82) is 0 Å². The molecule has 2 aromatic heterocycles. The standard InChI is InChI=1S/C16H13F3N4O3S/c1-27(24,25)23(13-4-2-3-11(17)7-13)9-12-6-5-10(8-20-12)15-21-22-16(26-15)14(18)19/h2-8,14H,9H2,1H3. The predicted molar refractivity (Wildman–Crippen MR) is 89.9 cm³/mol. The SMILES string of the molecule is CS(=O)(=O)N(Cc1ccc(-c2nnc(C(F)F)o2)cn1)c1cccc(F)c1. The van der Waals surface area contributed by atoms with Crippen LogP contribution in [0.15, 0.2) is 47.0 Å². The van der Waals surface area contributed by atoms with E-state index in [1.54, 1.807) is 0 Å². The molecule has 3 aromatic rings. The Balaban J connectivity index is 1.85. The van der Waals surface area contributed by atoms with Crippen molar-refractivity contribution in [1.82, 2.24) is 15.2 Å². The minimum Gasteiger partial charge on any atom is -0.415 e. The average Bonchev–Trinajstić information content (AvgIpc) is 3.09. The van der Waals surface area contributed by atoms with Gasteiger partial charge in [0.25, 0.3) is 5.89 Å². The average molecular weight is 398 g/mol. The molecule has 3 rings (SSSR count). The number of nitrogens with zero attached hydrogens (tertiary/aromatic N) is 4. The van der Waals surface area contributed by atoms with Crippen LogP contribution in [0.25, 0.3) is 11.5 Å². The highest BCUT2D eigenvalue weighted by Crippen LogP contribution is 2.24. The second-order valence-electron chi connectivity index (χ2n) is 5.53. The maximum Gasteiger partial charge on any atom is 0.314 e. The second-order valence-corrected chi connectivity index (χ2v) is 7.44. The molecule has 0 bridgehead atoms. The summed E-state index contributed by atoms with van der Waals surface area (Å²) in [4.78, 5) is 4.10. The predicted octanol–water partition coefficient (Wildman–Crippen LogP) is 3.17. The number of aromatic nitrogens is 3. The van der Waals surface area contributed by atoms with Gasteiger partial charge >= 0.3 is 6.43 Å². The lowest BCUT2D eigenvalue weighted by Gasteiger charge is -2.22. The summed E-state index contributed by atoms with van der Waals surface area (Å²) in [6.07, 6.45) is -0.589. The maximum atomic E-state index is 13.4. The molecule has 0 aliphatic carbocycles. The summed E-state index contributed by atoms with van der Waals surface area (Å²) in [5, 5.41) is 6.74. The van der Waals surface area contributed by atoms with Crippen molar-refractivity contribution >= 4 is 15.7 Å². The van der Waals surface area contributed by atoms with Gasteiger partial charge in [0.05, 0.1) is 29.7 Å². The van der Waals surface area contributed by atoms with Crippen molar-refractivity contribution in [2.24, 2.45) is 0 Å². The van der Waals surface area contributed by atoms with Crippen LogP contribution in [0.2, 0.25) is 0 Å². The van der Waals surface area contributed by atoms with E-state index in [2.05, 4.69) is 15.2 Å². The van der Waals surface area contributed by atoms with Crippen molar-refractivity contribution in [3.05, 3.63) is 60.0 Å². The van der Waals surface area contributed by atoms with Gasteiger partial charge in [-0.2, -0.15) is 8.78 Å². The van der Waals surface area contributed by atoms with E-state index in [9.17, 15) is 21.6 Å². The van der Waals surface area contributed by atoms with Gasteiger partial charge in [-0.05, 0) is 30.3 Å². The van der Waals surface area contributed by atoms with Crippen LogP contribution in [0.3, 0.4) is 0 Å². The lowest BCUT2D eigenvalue weighted by atomic mass is 10.2. The molecular weight excluding hydrogens is 385 g/mol. The molecule has 0 aliphatic rings. The Morgan fingerprint density at radius 2 is 1.96 bits per heavy atom. The molecule has 0 N–H and O–H groups in total. The van der Waals surface area contributed by atoms with Gasteiger partial charge in [-0.3, -0.25) is 9.29 Å². The van der Waals surface area contributed by atoms with Gasteiger partial charge < -0.3 is 4.42 Å². The molecule has 27 heavy (non-hydrogen) atoms. The van der Waals surface area contributed by atoms with Gasteiger partial charge in [0.15, 0.2) is 0 Å². The molecule has 0 atom stereocenters. The first-order valence-electron chi connectivity index (χ1n) is 7.54. The van der Waals surface area contributed by atoms with Crippen LogP contribution < -0.4 is 4.31 Å². The molecule has 1 aromatic carbocycles. The number of halogens is 3. The molecule has 0 saturated carbocycles. The maximum absolute atomic E-state index is 13.4. The normalized spacial score (nSPS) is 11.7. The summed E-state index contributed by atoms with van der Waals surface area (Å²) in [6, 6.07) is 8.13. The quantitative estimate of drug-likeness (QED) is 0.634. The molecule has 0 amide bonds. The first kappa shape index (κ1) is 18.8. The molecule has 11 heteroatoms. The van der Waals surface area contributed by atoms with Crippen molar-refractivity contribution in [3.63, 3.8) is 0 Å². The van der Waals surface area contributed by atoms with Crippen molar-refractivity contribution in [2.45, 2.75) is 13.0 Å². The Labute approximate surface area is 152 Å². The topological polar surface area (TPSA) is 89.2 Å². The third kappa shape index (κ3) is 4.42. The van der Waals surface area contributed by atoms with Gasteiger partial charge in [-0.25, -0.2) is 12.8 Å². The molecule has 0 radical (unpaired) electrons. The fraction of sp³-hybridized carbons (Fsp3) is 0.188. The van der Waals surface area contributed by atoms with Crippen LogP contribution in [0.5, 0.6) is 0 Å². The van der Waals surface area contributed by atoms with Crippen molar-refractivity contribution < 1.29 is 26.0 Å². The zero-order chi connectivity index (χ0) is 19.6. The van der Waals surface area contributed by atoms with Crippen LogP contribution in [-0.4, -0.2) is 29.9 Å². The number of hydrogen-bond donors (Lipinski definition) is 0. The molecular formula is C16H13F3N4O3S. The van der Waals surface area contributed by atoms with Crippen LogP contribution in [0.1, 0.15) is 18.0 Å². The van der Waals surface area contributed by atoms with Crippen LogP contribution in [0, 0.1) is 5.82 Å². The van der Waals surface area contributed by atoms with Gasteiger partial charge in [-0.1, -0.05) is 6.07 Å². The molecule has 0 aliphatic heterocycles. The molecule has 142 valence electrons. The molecule has 2 heterocycles. The monoisotopic (exact) mass is 398 g/mol. The molecule has 0 saturated heterocycles. The summed E-state index contributed by atoms with van der Waals surface area (Å²) < 4.78 is 68.4. The van der Waals surface area contributed by atoms with Crippen molar-refractivity contribution in [3.8, 4) is 11.5 Å². The van der Waals surface area contributed by atoms with Crippen LogP contribution in [0.4, 0.5) is 18.9 Å². The second kappa shape index (κ2) is 7.35. The van der Waals surface area contributed by atoms with E-state index in [1.165, 1.54) is 36.5 Å². The van der Waals surface area contributed by atoms with Crippen LogP contribution in [-0.2, 0) is 16.6 Å². The number of alkyl halides is 2. The van der Waals surface area contributed by atoms with Gasteiger partial charge in [-0.15, -0.1) is 10.2 Å². The Hall–Kier alpha value is -2.95. The highest BCUT2D eigenvalue weighted by molar-refractivity contribution is 7.92. The van der Waals surface area contributed by atoms with E-state index in [-0.39, 0.29) is 18.1 Å². The zero-order valence-corrected chi connectivity index (χ0v) is 14.7. The minimum absolute atomic E-state index is 0.130. The number of anilines is 1. The Kier molecular flexibility index (Phi) is 5.13. The summed E-state index contributed by atoms with van der Waals surface area (Å²) >= 11 is 0. The number of pyridine rings is 1. The fourth-order valence-corrected chi connectivity index (χ4v) is 3.13. The van der Waals surface area contributed by atoms with Gasteiger partial charge in [0, 0.05) is 6.20 Å². The van der Waals surface area contributed by atoms with E-state index in [4.69, 9.17) is 4.42 Å². The number of sulfonamides is 1. The van der Waals surface area contributed by atoms with E-state index in [0.29, 0.717) is 11.3 Å². The highest BCUT2D eigenvalue weighted by Gasteiger charge is 2.20. The Bertz CT molecular complexity index is 1040. The first-order chi connectivity index (χ1) is 12.7. The third-order valence-corrected chi connectivity index (χ3v) is 4.64. The van der Waals surface area contributed by atoms with E-state index in [1.807, 2.05) is 0 Å². The zero-order valence-electron chi connectivity index (χ0n) is 13.9. The third-order valence-electron chi connectivity index (χ3n) is 3.50. The molecule has 7 nitrogen and oxygen atoms in total. The lowest BCUT2D eigenvalue weighted by molar-refractivity contribution is 0.116. The summed E-state index contributed by atoms with van der Waals surface area (Å²) in [5.74, 6) is -1.51. The Morgan fingerprint density at radius 3 is 2.52 bits per heavy atom. The molecule has 0 fully saturated rings. The van der Waals surface area contributed by atoms with Gasteiger partial charge in [0.1, 0.15) is 5.82 Å². The first-order valence-corrected chi connectivity index (χ1v) is 9.39. The molecule has 0 unspecified atom stereocenters. The number of hydrogen-bond acceptors (Lipinski definition) is 6. The smallest absolute Gasteiger partial charge is 0.314 e. The van der Waals surface area contributed by atoms with Crippen molar-refractivity contribution in [2.75, 3.05) is 10.6 Å². The van der Waals surface area contributed by atoms with E-state index < -0.39 is 28.2 Å². The highest BCUT2D eigenvalue weighted by atomic mass is 32.2. The minimum atomic E-state index is -3.70. The lowest BCUT2D eigenvalue weighted by Crippen LogP contribution is -2.29. The molecule has 0 spiro atoms. The van der Waals surface area contributed by atoms with E-state index in [0.717, 1.165) is 16.6 Å². The van der Waals surface area contributed by atoms with E-state index >= 15 is 0 Å².